The fraction of sp³-hybridized carbons (Fsp3) is 0.688. The Morgan fingerprint density at radius 2 is 1.09 bits per heavy atom. The first-order valence-electron chi connectivity index (χ1n) is 33.9. The second-order valence-corrected chi connectivity index (χ2v) is 25.8. The van der Waals surface area contributed by atoms with E-state index in [1.165, 1.54) is 16.7 Å². The molecule has 0 aromatic heterocycles. The number of carbonyl (C=O) groups is 13. The van der Waals surface area contributed by atoms with Gasteiger partial charge in [0.15, 0.2) is 5.96 Å². The van der Waals surface area contributed by atoms with E-state index >= 15 is 0 Å². The monoisotopic (exact) mass is 1430 g/mol. The summed E-state index contributed by atoms with van der Waals surface area (Å²) >= 11 is 8.24. The van der Waals surface area contributed by atoms with Gasteiger partial charge >= 0.3 is 5.97 Å². The molecule has 21 N–H and O–H groups in total. The fourth-order valence-electron chi connectivity index (χ4n) is 11.1. The van der Waals surface area contributed by atoms with E-state index in [9.17, 15) is 77.6 Å². The first-order chi connectivity index (χ1) is 47.0. The lowest BCUT2D eigenvalue weighted by Crippen LogP contribution is -2.62. The van der Waals surface area contributed by atoms with Gasteiger partial charge in [-0.25, -0.2) is 4.79 Å². The quantitative estimate of drug-likeness (QED) is 0.0127. The zero-order chi connectivity index (χ0) is 74.1. The Hall–Kier alpha value is -7.86. The molecule has 2 aliphatic rings. The van der Waals surface area contributed by atoms with Gasteiger partial charge in [0, 0.05) is 37.6 Å². The number of guanidine groups is 1. The van der Waals surface area contributed by atoms with Crippen LogP contribution in [0.2, 0.25) is 0 Å². The Balaban J connectivity index is 1.79. The lowest BCUT2D eigenvalue weighted by molar-refractivity contribution is -0.149. The van der Waals surface area contributed by atoms with Gasteiger partial charge in [-0.1, -0.05) is 90.6 Å². The number of nitrogens with zero attached hydrogens (tertiary/aromatic N) is 3. The van der Waals surface area contributed by atoms with Gasteiger partial charge in [0.1, 0.15) is 66.5 Å². The number of carbonyl (C=O) groups excluding carboxylic acids is 12. The van der Waals surface area contributed by atoms with Crippen molar-refractivity contribution in [2.75, 3.05) is 50.8 Å². The lowest BCUT2D eigenvalue weighted by atomic mass is 9.96. The summed E-state index contributed by atoms with van der Waals surface area (Å²) in [5.74, 6) is -12.5. The molecule has 0 aliphatic carbocycles. The molecule has 0 radical (unpaired) electrons. The Morgan fingerprint density at radius 1 is 0.586 bits per heavy atom. The van der Waals surface area contributed by atoms with E-state index in [-0.39, 0.29) is 95.0 Å². The number of aliphatic carboxylic acids is 1. The van der Waals surface area contributed by atoms with Gasteiger partial charge in [-0.2, -0.15) is 25.3 Å². The maximum absolute atomic E-state index is 14.8. The molecular weight excluding hydrogens is 1330 g/mol. The molecule has 1 aromatic carbocycles. The van der Waals surface area contributed by atoms with E-state index in [1.807, 2.05) is 6.92 Å². The highest BCUT2D eigenvalue weighted by Crippen LogP contribution is 2.28. The molecule has 33 nitrogen and oxygen atoms in total. The highest BCUT2D eigenvalue weighted by molar-refractivity contribution is 7.80. The Morgan fingerprint density at radius 3 is 1.66 bits per heavy atom. The summed E-state index contributed by atoms with van der Waals surface area (Å²) in [5.41, 5.74) is 23.0. The third-order valence-electron chi connectivity index (χ3n) is 17.4. The van der Waals surface area contributed by atoms with Crippen LogP contribution >= 0.6 is 25.3 Å². The van der Waals surface area contributed by atoms with Crippen LogP contribution in [0.3, 0.4) is 0 Å². The summed E-state index contributed by atoms with van der Waals surface area (Å²) in [6, 6.07) is -7.28. The lowest BCUT2D eigenvalue weighted by Gasteiger charge is -2.35. The number of carboxylic acid groups (broad SMARTS) is 1. The smallest absolute Gasteiger partial charge is 0.326 e. The van der Waals surface area contributed by atoms with Crippen molar-refractivity contribution in [2.45, 2.75) is 216 Å². The molecular formula is C64H107N17O16S2. The topological polar surface area (TPSA) is 526 Å². The average molecular weight is 1430 g/mol. The van der Waals surface area contributed by atoms with Crippen molar-refractivity contribution < 1.29 is 77.6 Å². The van der Waals surface area contributed by atoms with Gasteiger partial charge in [0.2, 0.25) is 70.9 Å². The largest absolute Gasteiger partial charge is 0.480 e. The SMILES string of the molecule is CCCC[C@H](NC(=O)[C@H](CCCN=C(N)N)NC(=O)CNC(=O)[C@@H](N)CS)C(=O)N[C@H](C(=O)N[C@@H](CCCCN)C(=O)N[C@@H](CO)C(=O)N[C@H](C(=O)N1CCC[C@H]1C(=O)N1CCC[C@H]1C(=O)N[C@H](C(=O)N[C@@H](CS)C(=O)N[C@@H](Cc1ccccc1)C(=O)O)[C@@H](C)CC)[C@@H](C)CC)[C@@H](C)O. The van der Waals surface area contributed by atoms with E-state index in [1.54, 1.807) is 58.0 Å². The highest BCUT2D eigenvalue weighted by Gasteiger charge is 2.46. The van der Waals surface area contributed by atoms with E-state index in [0.717, 1.165) is 0 Å². The minimum atomic E-state index is -1.76. The first-order valence-corrected chi connectivity index (χ1v) is 35.2. The number of aliphatic hydroxyl groups is 2. The predicted octanol–water partition coefficient (Wildman–Crippen LogP) is -4.20. The molecule has 0 spiro atoms. The summed E-state index contributed by atoms with van der Waals surface area (Å²) in [6.07, 6.45) is 1.86. The third-order valence-corrected chi connectivity index (χ3v) is 18.2. The minimum Gasteiger partial charge on any atom is -0.480 e. The van der Waals surface area contributed by atoms with Crippen molar-refractivity contribution in [2.24, 2.45) is 39.8 Å². The molecule has 2 saturated heterocycles. The second-order valence-electron chi connectivity index (χ2n) is 25.1. The number of hydrogen-bond acceptors (Lipinski definition) is 20. The van der Waals surface area contributed by atoms with E-state index in [4.69, 9.17) is 22.9 Å². The first kappa shape index (κ1) is 85.4. The third kappa shape index (κ3) is 27.7. The number of likely N-dealkylation sites (tertiary alicyclic amines) is 2. The standard InChI is InChI=1S/C64H107N17O16S2/c1-7-10-21-41(72-53(86)40(23-16-27-69-64(67)68)71-48(84)31-70-52(85)39(66)33-98)55(88)79-51(37(6)83)60(93)73-42(22-14-15-26-65)54(87)75-44(32-82)56(89)78-50(36(5)9-3)62(95)81-29-18-25-47(81)61(94)80-28-17-24-46(80)58(91)77-49(35(4)8-2)59(92)76-45(34-99)57(90)74-43(63(96)97)30-38-19-12-11-13-20-38/h11-13,19-20,35-37,39-47,49-51,82-83,98-99H,7-10,14-18,21-34,65-66H2,1-6H3,(H,70,85)(H,71,84)(H,72,86)(H,73,93)(H,74,90)(H,75,87)(H,76,92)(H,77,91)(H,78,89)(H,79,88)(H,96,97)(H4,67,68,69)/t35-,36-,37+,39-,40-,41-,42-,43-,44-,45-,46-,47-,49-,50-,51-/m0/s1. The number of thiol groups is 2. The molecule has 0 saturated carbocycles. The highest BCUT2D eigenvalue weighted by atomic mass is 32.1. The van der Waals surface area contributed by atoms with Gasteiger partial charge in [0.25, 0.3) is 0 Å². The van der Waals surface area contributed by atoms with E-state index < -0.39 is 180 Å². The van der Waals surface area contributed by atoms with Crippen molar-refractivity contribution in [3.63, 3.8) is 0 Å². The Labute approximate surface area is 589 Å². The molecule has 35 heteroatoms. The number of hydrogen-bond donors (Lipinski definition) is 19. The van der Waals surface area contributed by atoms with E-state index in [0.29, 0.717) is 50.5 Å². The van der Waals surface area contributed by atoms with Crippen LogP contribution in [-0.4, -0.2) is 237 Å². The van der Waals surface area contributed by atoms with Gasteiger partial charge in [-0.05, 0) is 95.1 Å². The van der Waals surface area contributed by atoms with Gasteiger partial charge in [-0.3, -0.25) is 62.5 Å². The molecule has 3 rings (SSSR count). The number of aliphatic hydroxyl groups excluding tert-OH is 2. The van der Waals surface area contributed by atoms with Crippen molar-refractivity contribution in [3.8, 4) is 0 Å². The molecule has 2 aliphatic heterocycles. The number of rotatable bonds is 44. The Kier molecular flexibility index (Phi) is 38.2. The van der Waals surface area contributed by atoms with E-state index in [2.05, 4.69) is 83.4 Å². The van der Waals surface area contributed by atoms with Gasteiger partial charge in [0.05, 0.1) is 25.3 Å². The van der Waals surface area contributed by atoms with Crippen LogP contribution in [0, 0.1) is 11.8 Å². The van der Waals surface area contributed by atoms with Crippen LogP contribution in [0.4, 0.5) is 0 Å². The number of carboxylic acids is 1. The molecule has 2 heterocycles. The summed E-state index contributed by atoms with van der Waals surface area (Å²) in [7, 11) is 0. The predicted molar refractivity (Wildman–Crippen MR) is 373 cm³/mol. The molecule has 0 bridgehead atoms. The summed E-state index contributed by atoms with van der Waals surface area (Å²) < 4.78 is 0. The molecule has 556 valence electrons. The molecule has 12 amide bonds. The van der Waals surface area contributed by atoms with Crippen LogP contribution in [0.1, 0.15) is 137 Å². The number of benzene rings is 1. The zero-order valence-corrected chi connectivity index (χ0v) is 59.3. The van der Waals surface area contributed by atoms with Crippen LogP contribution in [0.15, 0.2) is 35.3 Å². The number of amides is 12. The van der Waals surface area contributed by atoms with Crippen molar-refractivity contribution in [3.05, 3.63) is 35.9 Å². The fourth-order valence-corrected chi connectivity index (χ4v) is 11.5. The number of nitrogens with two attached hydrogens (primary N) is 4. The Bertz CT molecular complexity index is 2900. The summed E-state index contributed by atoms with van der Waals surface area (Å²) in [4.78, 5) is 186. The number of nitrogens with one attached hydrogen (secondary N) is 10. The minimum absolute atomic E-state index is 0.00571. The van der Waals surface area contributed by atoms with Crippen LogP contribution in [0.25, 0.3) is 0 Å². The van der Waals surface area contributed by atoms with Crippen molar-refractivity contribution >= 4 is 108 Å². The maximum atomic E-state index is 14.8. The second kappa shape index (κ2) is 44.3. The maximum Gasteiger partial charge on any atom is 0.326 e. The van der Waals surface area contributed by atoms with Crippen LogP contribution in [-0.2, 0) is 68.7 Å². The molecule has 0 unspecified atom stereocenters. The zero-order valence-electron chi connectivity index (χ0n) is 57.5. The number of unbranched alkanes of at least 4 members (excludes halogenated alkanes) is 2. The molecule has 1 aromatic rings. The summed E-state index contributed by atoms with van der Waals surface area (Å²) in [6.45, 7) is 8.88. The van der Waals surface area contributed by atoms with Gasteiger partial charge < -0.3 is 101 Å². The summed E-state index contributed by atoms with van der Waals surface area (Å²) in [5, 5.41) is 57.0. The van der Waals surface area contributed by atoms with Crippen molar-refractivity contribution in [1.29, 1.82) is 0 Å². The molecule has 99 heavy (non-hydrogen) atoms. The van der Waals surface area contributed by atoms with Crippen molar-refractivity contribution in [1.82, 2.24) is 63.0 Å². The average Bonchev–Trinajstić information content (AvgIpc) is 1.67. The molecule has 15 atom stereocenters. The number of aliphatic imine (C=N–C) groups is 1. The van der Waals surface area contributed by atoms with Gasteiger partial charge in [-0.15, -0.1) is 0 Å². The van der Waals surface area contributed by atoms with Crippen LogP contribution in [0.5, 0.6) is 0 Å². The van der Waals surface area contributed by atoms with Crippen LogP contribution < -0.4 is 76.1 Å². The normalized spacial score (nSPS) is 18.2. The molecule has 2 fully saturated rings.